The highest BCUT2D eigenvalue weighted by atomic mass is 16.5. The Balaban J connectivity index is 1.86. The van der Waals surface area contributed by atoms with Crippen LogP contribution in [0.4, 0.5) is 0 Å². The zero-order valence-electron chi connectivity index (χ0n) is 12.1. The van der Waals surface area contributed by atoms with Gasteiger partial charge in [-0.25, -0.2) is 0 Å². The Morgan fingerprint density at radius 2 is 2.30 bits per heavy atom. The van der Waals surface area contributed by atoms with E-state index in [0.29, 0.717) is 18.0 Å². The molecule has 0 aromatic carbocycles. The molecule has 1 aliphatic heterocycles. The number of aryl methyl sites for hydroxylation is 1. The summed E-state index contributed by atoms with van der Waals surface area (Å²) in [4.78, 5) is 12.2. The van der Waals surface area contributed by atoms with E-state index in [1.165, 1.54) is 0 Å². The van der Waals surface area contributed by atoms with Crippen molar-refractivity contribution in [1.82, 2.24) is 15.1 Å². The minimum absolute atomic E-state index is 0.0343. The third-order valence-electron chi connectivity index (χ3n) is 3.81. The standard InChI is InChI=1S/C14H24N4O2/c1-11-13(10-17-18(11)6-2-5-15)14(19)16-9-12-3-7-20-8-4-12/h10,12H,2-9,15H2,1H3,(H,16,19). The number of amides is 1. The number of nitrogens with one attached hydrogen (secondary N) is 1. The van der Waals surface area contributed by atoms with E-state index < -0.39 is 0 Å². The molecule has 0 atom stereocenters. The van der Waals surface area contributed by atoms with Gasteiger partial charge < -0.3 is 15.8 Å². The van der Waals surface area contributed by atoms with Gasteiger partial charge in [-0.3, -0.25) is 9.48 Å². The molecule has 0 saturated carbocycles. The van der Waals surface area contributed by atoms with Crippen molar-refractivity contribution in [2.24, 2.45) is 11.7 Å². The summed E-state index contributed by atoms with van der Waals surface area (Å²) in [5.74, 6) is 0.494. The molecule has 1 fully saturated rings. The van der Waals surface area contributed by atoms with Gasteiger partial charge in [0.1, 0.15) is 0 Å². The lowest BCUT2D eigenvalue weighted by molar-refractivity contribution is 0.0642. The maximum Gasteiger partial charge on any atom is 0.254 e. The Hall–Kier alpha value is -1.40. The summed E-state index contributed by atoms with van der Waals surface area (Å²) in [7, 11) is 0. The fraction of sp³-hybridized carbons (Fsp3) is 0.714. The second-order valence-corrected chi connectivity index (χ2v) is 5.27. The number of nitrogens with zero attached hydrogens (tertiary/aromatic N) is 2. The molecule has 112 valence electrons. The molecule has 0 aliphatic carbocycles. The Morgan fingerprint density at radius 1 is 1.55 bits per heavy atom. The van der Waals surface area contributed by atoms with E-state index >= 15 is 0 Å². The van der Waals surface area contributed by atoms with Crippen LogP contribution in [0.2, 0.25) is 0 Å². The highest BCUT2D eigenvalue weighted by Gasteiger charge is 2.17. The Morgan fingerprint density at radius 3 is 3.00 bits per heavy atom. The van der Waals surface area contributed by atoms with Gasteiger partial charge in [-0.2, -0.15) is 5.10 Å². The second kappa shape index (κ2) is 7.40. The molecule has 2 rings (SSSR count). The summed E-state index contributed by atoms with van der Waals surface area (Å²) in [6.45, 7) is 5.63. The molecule has 1 aliphatic rings. The van der Waals surface area contributed by atoms with Crippen LogP contribution < -0.4 is 11.1 Å². The van der Waals surface area contributed by atoms with E-state index in [0.717, 1.165) is 51.3 Å². The minimum Gasteiger partial charge on any atom is -0.381 e. The lowest BCUT2D eigenvalue weighted by Gasteiger charge is -2.22. The predicted octanol–water partition coefficient (Wildman–Crippen LogP) is 0.697. The molecule has 6 nitrogen and oxygen atoms in total. The van der Waals surface area contributed by atoms with Crippen molar-refractivity contribution in [2.75, 3.05) is 26.3 Å². The normalized spacial score (nSPS) is 16.3. The molecule has 2 heterocycles. The Bertz CT molecular complexity index is 438. The smallest absolute Gasteiger partial charge is 0.254 e. The predicted molar refractivity (Wildman–Crippen MR) is 76.5 cm³/mol. The van der Waals surface area contributed by atoms with Crippen molar-refractivity contribution < 1.29 is 9.53 Å². The van der Waals surface area contributed by atoms with Gasteiger partial charge in [-0.15, -0.1) is 0 Å². The van der Waals surface area contributed by atoms with Gasteiger partial charge in [-0.05, 0) is 38.6 Å². The molecule has 0 bridgehead atoms. The van der Waals surface area contributed by atoms with Crippen LogP contribution in [0.25, 0.3) is 0 Å². The van der Waals surface area contributed by atoms with Crippen molar-refractivity contribution in [3.05, 3.63) is 17.5 Å². The first-order chi connectivity index (χ1) is 9.72. The first-order valence-corrected chi connectivity index (χ1v) is 7.30. The molecule has 3 N–H and O–H groups in total. The van der Waals surface area contributed by atoms with Crippen LogP contribution in [0.15, 0.2) is 6.20 Å². The lowest BCUT2D eigenvalue weighted by atomic mass is 10.0. The van der Waals surface area contributed by atoms with Crippen molar-refractivity contribution in [1.29, 1.82) is 0 Å². The van der Waals surface area contributed by atoms with Crippen molar-refractivity contribution in [2.45, 2.75) is 32.7 Å². The van der Waals surface area contributed by atoms with Crippen LogP contribution in [0.1, 0.15) is 35.3 Å². The SMILES string of the molecule is Cc1c(C(=O)NCC2CCOCC2)cnn1CCCN. The fourth-order valence-corrected chi connectivity index (χ4v) is 2.42. The molecule has 1 aromatic rings. The summed E-state index contributed by atoms with van der Waals surface area (Å²) < 4.78 is 7.16. The third-order valence-corrected chi connectivity index (χ3v) is 3.81. The molecular formula is C14H24N4O2. The fourth-order valence-electron chi connectivity index (χ4n) is 2.42. The van der Waals surface area contributed by atoms with E-state index in [-0.39, 0.29) is 5.91 Å². The number of aromatic nitrogens is 2. The van der Waals surface area contributed by atoms with Crippen molar-refractivity contribution in [3.8, 4) is 0 Å². The van der Waals surface area contributed by atoms with Gasteiger partial charge in [0.15, 0.2) is 0 Å². The van der Waals surface area contributed by atoms with Crippen LogP contribution in [0, 0.1) is 12.8 Å². The van der Waals surface area contributed by atoms with Gasteiger partial charge in [0, 0.05) is 32.0 Å². The lowest BCUT2D eigenvalue weighted by Crippen LogP contribution is -2.32. The van der Waals surface area contributed by atoms with Crippen LogP contribution in [-0.2, 0) is 11.3 Å². The molecule has 0 spiro atoms. The van der Waals surface area contributed by atoms with Gasteiger partial charge in [0.2, 0.25) is 0 Å². The van der Waals surface area contributed by atoms with Gasteiger partial charge >= 0.3 is 0 Å². The van der Waals surface area contributed by atoms with E-state index in [4.69, 9.17) is 10.5 Å². The summed E-state index contributed by atoms with van der Waals surface area (Å²) in [5, 5.41) is 7.26. The van der Waals surface area contributed by atoms with Gasteiger partial charge in [0.05, 0.1) is 11.8 Å². The van der Waals surface area contributed by atoms with Crippen LogP contribution in [0.3, 0.4) is 0 Å². The monoisotopic (exact) mass is 280 g/mol. The summed E-state index contributed by atoms with van der Waals surface area (Å²) in [6, 6.07) is 0. The zero-order chi connectivity index (χ0) is 14.4. The number of rotatable bonds is 6. The van der Waals surface area contributed by atoms with Gasteiger partial charge in [0.25, 0.3) is 5.91 Å². The van der Waals surface area contributed by atoms with Crippen LogP contribution in [-0.4, -0.2) is 42.0 Å². The molecule has 1 amide bonds. The Labute approximate surface area is 119 Å². The summed E-state index contributed by atoms with van der Waals surface area (Å²) in [6.07, 6.45) is 4.56. The second-order valence-electron chi connectivity index (χ2n) is 5.27. The maximum absolute atomic E-state index is 12.2. The summed E-state index contributed by atoms with van der Waals surface area (Å²) in [5.41, 5.74) is 7.06. The number of nitrogens with two attached hydrogens (primary N) is 1. The average molecular weight is 280 g/mol. The largest absolute Gasteiger partial charge is 0.381 e. The molecule has 20 heavy (non-hydrogen) atoms. The quantitative estimate of drug-likeness (QED) is 0.803. The Kier molecular flexibility index (Phi) is 5.55. The number of carbonyl (C=O) groups excluding carboxylic acids is 1. The highest BCUT2D eigenvalue weighted by molar-refractivity contribution is 5.95. The number of carbonyl (C=O) groups is 1. The van der Waals surface area contributed by atoms with E-state index in [9.17, 15) is 4.79 Å². The topological polar surface area (TPSA) is 82.2 Å². The first-order valence-electron chi connectivity index (χ1n) is 7.30. The third kappa shape index (κ3) is 3.80. The van der Waals surface area contributed by atoms with Crippen LogP contribution in [0.5, 0.6) is 0 Å². The average Bonchev–Trinajstić information content (AvgIpc) is 2.85. The molecular weight excluding hydrogens is 256 g/mol. The number of ether oxygens (including phenoxy) is 1. The molecule has 1 saturated heterocycles. The van der Waals surface area contributed by atoms with E-state index in [2.05, 4.69) is 10.4 Å². The van der Waals surface area contributed by atoms with Gasteiger partial charge in [-0.1, -0.05) is 0 Å². The molecule has 0 radical (unpaired) electrons. The van der Waals surface area contributed by atoms with Crippen molar-refractivity contribution >= 4 is 5.91 Å². The van der Waals surface area contributed by atoms with E-state index in [1.807, 2.05) is 11.6 Å². The minimum atomic E-state index is -0.0343. The number of hydrogen-bond acceptors (Lipinski definition) is 4. The molecule has 0 unspecified atom stereocenters. The maximum atomic E-state index is 12.2. The highest BCUT2D eigenvalue weighted by Crippen LogP contribution is 2.14. The number of hydrogen-bond donors (Lipinski definition) is 2. The van der Waals surface area contributed by atoms with Crippen LogP contribution >= 0.6 is 0 Å². The van der Waals surface area contributed by atoms with E-state index in [1.54, 1.807) is 6.20 Å². The first kappa shape index (κ1) is 15.0. The molecule has 1 aromatic heterocycles. The summed E-state index contributed by atoms with van der Waals surface area (Å²) >= 11 is 0. The van der Waals surface area contributed by atoms with Crippen molar-refractivity contribution in [3.63, 3.8) is 0 Å². The molecule has 6 heteroatoms. The zero-order valence-corrected chi connectivity index (χ0v) is 12.1.